The molecule has 0 aromatic rings. The first-order valence-electron chi connectivity index (χ1n) is 15.8. The first-order valence-corrected chi connectivity index (χ1v) is 15.8. The smallest absolute Gasteiger partial charge is 0.434 e. The molecule has 0 aromatic carbocycles. The van der Waals surface area contributed by atoms with Crippen molar-refractivity contribution in [3.8, 4) is 0 Å². The molecule has 0 unspecified atom stereocenters. The maximum absolute atomic E-state index is 17.6. The zero-order chi connectivity index (χ0) is 31.6. The van der Waals surface area contributed by atoms with Crippen LogP contribution >= 0.6 is 0 Å². The molecule has 1 N–H and O–H groups in total. The molecule has 0 bridgehead atoms. The van der Waals surface area contributed by atoms with Gasteiger partial charge in [0, 0.05) is 22.7 Å². The van der Waals surface area contributed by atoms with E-state index in [1.54, 1.807) is 26.8 Å². The van der Waals surface area contributed by atoms with E-state index in [1.807, 2.05) is 13.8 Å². The van der Waals surface area contributed by atoms with Crippen molar-refractivity contribution in [2.45, 2.75) is 110 Å². The molecule has 0 spiro atoms. The van der Waals surface area contributed by atoms with Crippen LogP contribution in [0.15, 0.2) is 23.8 Å². The maximum atomic E-state index is 17.6. The van der Waals surface area contributed by atoms with E-state index in [9.17, 15) is 24.3 Å². The SMILES string of the molecule is CCCCCOC(=O)O[C@]1(C(=O)COC(=O)OCCCC)[C@H](C)C[C@H]2[C@@H]3CCC4=CC(=O)C=C[C@]4(C)[C@@]3(F)[C@@H](O)C[C@@]21C. The monoisotopic (exact) mass is 606 g/mol. The van der Waals surface area contributed by atoms with Crippen molar-refractivity contribution >= 4 is 23.9 Å². The third kappa shape index (κ3) is 5.42. The van der Waals surface area contributed by atoms with Gasteiger partial charge in [0.1, 0.15) is 0 Å². The van der Waals surface area contributed by atoms with Crippen LogP contribution in [0.25, 0.3) is 0 Å². The van der Waals surface area contributed by atoms with Crippen molar-refractivity contribution in [3.05, 3.63) is 23.8 Å². The third-order valence-corrected chi connectivity index (χ3v) is 10.8. The number of unbranched alkanes of at least 4 members (excludes halogenated alkanes) is 3. The number of carbonyl (C=O) groups excluding carboxylic acids is 4. The van der Waals surface area contributed by atoms with Crippen LogP contribution in [0, 0.1) is 28.6 Å². The molecule has 0 heterocycles. The highest BCUT2D eigenvalue weighted by molar-refractivity contribution is 6.01. The summed E-state index contributed by atoms with van der Waals surface area (Å²) in [5.74, 6) is -2.62. The van der Waals surface area contributed by atoms with Crippen LogP contribution in [0.4, 0.5) is 14.0 Å². The van der Waals surface area contributed by atoms with E-state index in [4.69, 9.17) is 18.9 Å². The van der Waals surface area contributed by atoms with E-state index in [1.165, 1.54) is 12.2 Å². The molecule has 3 fully saturated rings. The van der Waals surface area contributed by atoms with Crippen LogP contribution in [0.5, 0.6) is 0 Å². The average molecular weight is 607 g/mol. The third-order valence-electron chi connectivity index (χ3n) is 10.8. The molecule has 3 saturated carbocycles. The van der Waals surface area contributed by atoms with Crippen LogP contribution < -0.4 is 0 Å². The molecule has 4 rings (SSSR count). The van der Waals surface area contributed by atoms with E-state index in [2.05, 4.69) is 0 Å². The molecule has 4 aliphatic carbocycles. The van der Waals surface area contributed by atoms with Gasteiger partial charge in [0.25, 0.3) is 0 Å². The summed E-state index contributed by atoms with van der Waals surface area (Å²) >= 11 is 0. The molecule has 0 amide bonds. The van der Waals surface area contributed by atoms with Crippen molar-refractivity contribution < 1.29 is 47.6 Å². The Morgan fingerprint density at radius 1 is 1.00 bits per heavy atom. The summed E-state index contributed by atoms with van der Waals surface area (Å²) in [6, 6.07) is 0. The van der Waals surface area contributed by atoms with Gasteiger partial charge < -0.3 is 24.1 Å². The van der Waals surface area contributed by atoms with Gasteiger partial charge in [-0.3, -0.25) is 9.59 Å². The Bertz CT molecular complexity index is 1170. The summed E-state index contributed by atoms with van der Waals surface area (Å²) < 4.78 is 39.2. The second kappa shape index (κ2) is 12.7. The first-order chi connectivity index (χ1) is 20.3. The summed E-state index contributed by atoms with van der Waals surface area (Å²) in [6.07, 6.45) is 5.66. The Morgan fingerprint density at radius 2 is 1.67 bits per heavy atom. The van der Waals surface area contributed by atoms with Gasteiger partial charge >= 0.3 is 12.3 Å². The standard InChI is InChI=1S/C33H47FO9/c1-6-8-10-16-41-29(39)43-33(27(37)20-42-28(38)40-15-9-7-2)21(3)17-25-24-12-11-22-18-23(35)13-14-30(22,4)32(24,34)26(36)19-31(25,33)5/h13-14,18,21,24-26,36H,6-12,15-17,19-20H2,1-5H3/t21-,24+,25+,26+,30+,31+,32+,33+/m1/s1. The highest BCUT2D eigenvalue weighted by atomic mass is 19.1. The van der Waals surface area contributed by atoms with Crippen LogP contribution in [0.3, 0.4) is 0 Å². The topological polar surface area (TPSA) is 125 Å². The van der Waals surface area contributed by atoms with Gasteiger partial charge in [-0.25, -0.2) is 14.0 Å². The zero-order valence-corrected chi connectivity index (χ0v) is 26.1. The van der Waals surface area contributed by atoms with Crippen LogP contribution in [0.1, 0.15) is 92.4 Å². The summed E-state index contributed by atoms with van der Waals surface area (Å²) in [5.41, 5.74) is -5.71. The number of alkyl halides is 1. The van der Waals surface area contributed by atoms with E-state index in [0.717, 1.165) is 19.3 Å². The fourth-order valence-corrected chi connectivity index (χ4v) is 8.64. The Balaban J connectivity index is 1.68. The lowest BCUT2D eigenvalue weighted by atomic mass is 9.44. The number of hydrogen-bond acceptors (Lipinski definition) is 9. The minimum Gasteiger partial charge on any atom is -0.434 e. The number of allylic oxidation sites excluding steroid dienone is 4. The lowest BCUT2D eigenvalue weighted by Crippen LogP contribution is -2.70. The highest BCUT2D eigenvalue weighted by Crippen LogP contribution is 2.71. The fourth-order valence-electron chi connectivity index (χ4n) is 8.64. The van der Waals surface area contributed by atoms with Crippen molar-refractivity contribution in [1.82, 2.24) is 0 Å². The molecule has 240 valence electrons. The Kier molecular flexibility index (Phi) is 9.79. The molecule has 0 saturated heterocycles. The zero-order valence-electron chi connectivity index (χ0n) is 26.1. The van der Waals surface area contributed by atoms with E-state index < -0.39 is 70.7 Å². The maximum Gasteiger partial charge on any atom is 0.509 e. The number of Topliss-reactive ketones (excluding diaryl/α,β-unsaturated/α-hetero) is 1. The average Bonchev–Trinajstić information content (AvgIpc) is 3.17. The number of ether oxygens (including phenoxy) is 4. The molecule has 0 radical (unpaired) electrons. The molecule has 43 heavy (non-hydrogen) atoms. The molecule has 8 atom stereocenters. The number of aliphatic hydroxyl groups excluding tert-OH is 1. The summed E-state index contributed by atoms with van der Waals surface area (Å²) in [7, 11) is 0. The number of halogens is 1. The number of hydrogen-bond donors (Lipinski definition) is 1. The molecular formula is C33H47FO9. The molecule has 4 aliphatic rings. The Hall–Kier alpha value is -2.75. The van der Waals surface area contributed by atoms with E-state index >= 15 is 4.39 Å². The second-order valence-corrected chi connectivity index (χ2v) is 13.2. The largest absolute Gasteiger partial charge is 0.509 e. The predicted molar refractivity (Wildman–Crippen MR) is 155 cm³/mol. The minimum atomic E-state index is -2.11. The number of carbonyl (C=O) groups is 4. The van der Waals surface area contributed by atoms with Gasteiger partial charge in [0.05, 0.1) is 19.3 Å². The van der Waals surface area contributed by atoms with Gasteiger partial charge in [-0.15, -0.1) is 0 Å². The quantitative estimate of drug-likeness (QED) is 0.216. The van der Waals surface area contributed by atoms with Crippen LogP contribution in [0.2, 0.25) is 0 Å². The lowest BCUT2D eigenvalue weighted by molar-refractivity contribution is -0.222. The second-order valence-electron chi connectivity index (χ2n) is 13.2. The molecule has 0 aromatic heterocycles. The van der Waals surface area contributed by atoms with E-state index in [-0.39, 0.29) is 25.4 Å². The molecule has 10 heteroatoms. The van der Waals surface area contributed by atoms with Crippen LogP contribution in [-0.2, 0) is 28.5 Å². The van der Waals surface area contributed by atoms with Crippen molar-refractivity contribution in [3.63, 3.8) is 0 Å². The molecule has 9 nitrogen and oxygen atoms in total. The van der Waals surface area contributed by atoms with Gasteiger partial charge in [-0.2, -0.15) is 0 Å². The number of aliphatic hydroxyl groups is 1. The lowest BCUT2D eigenvalue weighted by Gasteiger charge is -2.62. The predicted octanol–water partition coefficient (Wildman–Crippen LogP) is 6.21. The van der Waals surface area contributed by atoms with Gasteiger partial charge in [-0.05, 0) is 63.5 Å². The summed E-state index contributed by atoms with van der Waals surface area (Å²) in [6.45, 7) is 8.77. The normalized spacial score (nSPS) is 37.8. The van der Waals surface area contributed by atoms with E-state index in [0.29, 0.717) is 37.7 Å². The van der Waals surface area contributed by atoms with Crippen molar-refractivity contribution in [2.75, 3.05) is 19.8 Å². The molecule has 0 aliphatic heterocycles. The molecular weight excluding hydrogens is 559 g/mol. The van der Waals surface area contributed by atoms with Gasteiger partial charge in [0.2, 0.25) is 5.78 Å². The fraction of sp³-hybridized carbons (Fsp3) is 0.758. The number of ketones is 2. The van der Waals surface area contributed by atoms with Gasteiger partial charge in [-0.1, -0.05) is 58.6 Å². The number of fused-ring (bicyclic) bond motifs is 5. The van der Waals surface area contributed by atoms with Crippen molar-refractivity contribution in [2.24, 2.45) is 28.6 Å². The minimum absolute atomic E-state index is 0.114. The van der Waals surface area contributed by atoms with Crippen molar-refractivity contribution in [1.29, 1.82) is 0 Å². The van der Waals surface area contributed by atoms with Crippen LogP contribution in [-0.4, -0.2) is 66.2 Å². The Morgan fingerprint density at radius 3 is 2.37 bits per heavy atom. The first kappa shape index (κ1) is 33.1. The number of rotatable bonds is 11. The summed E-state index contributed by atoms with van der Waals surface area (Å²) in [4.78, 5) is 51.7. The summed E-state index contributed by atoms with van der Waals surface area (Å²) in [5, 5.41) is 11.7. The van der Waals surface area contributed by atoms with Gasteiger partial charge in [0.15, 0.2) is 23.7 Å². The highest BCUT2D eigenvalue weighted by Gasteiger charge is 2.77. The Labute approximate surface area is 253 Å².